The molecule has 0 unspecified atom stereocenters. The maximum absolute atomic E-state index is 10.8. The maximum Gasteiger partial charge on any atom is 0.306 e. The van der Waals surface area contributed by atoms with Gasteiger partial charge in [-0.15, -0.1) is 0 Å². The molecule has 0 heterocycles. The molecule has 0 fully saturated rings. The van der Waals surface area contributed by atoms with Gasteiger partial charge < -0.3 is 9.84 Å². The van der Waals surface area contributed by atoms with Gasteiger partial charge in [0.15, 0.2) is 0 Å². The molecule has 3 heteroatoms. The fourth-order valence-corrected chi connectivity index (χ4v) is 1.41. The zero-order valence-corrected chi connectivity index (χ0v) is 9.23. The molecule has 0 bridgehead atoms. The predicted octanol–water partition coefficient (Wildman–Crippen LogP) is 2.52. The quantitative estimate of drug-likeness (QED) is 0.827. The van der Waals surface area contributed by atoms with Crippen molar-refractivity contribution in [2.75, 3.05) is 7.11 Å². The average molecular weight is 208 g/mol. The third-order valence-electron chi connectivity index (χ3n) is 2.78. The fourth-order valence-electron chi connectivity index (χ4n) is 1.41. The molecule has 0 saturated carbocycles. The van der Waals surface area contributed by atoms with Crippen molar-refractivity contribution in [1.29, 1.82) is 0 Å². The van der Waals surface area contributed by atoms with Crippen molar-refractivity contribution >= 4 is 5.97 Å². The van der Waals surface area contributed by atoms with Crippen LogP contribution in [0, 0.1) is 5.92 Å². The average Bonchev–Trinajstić information content (AvgIpc) is 2.27. The summed E-state index contributed by atoms with van der Waals surface area (Å²) in [5, 5.41) is 8.89. The Hall–Kier alpha value is -1.51. The molecule has 0 aromatic heterocycles. The normalized spacial score (nSPS) is 14.3. The van der Waals surface area contributed by atoms with Crippen LogP contribution < -0.4 is 4.74 Å². The van der Waals surface area contributed by atoms with Crippen LogP contribution in [-0.2, 0) is 4.79 Å². The SMILES string of the molecule is COc1ccc([C@H](C)[C@H](C)C(=O)O)cc1. The molecule has 1 rings (SSSR count). The Morgan fingerprint density at radius 1 is 1.27 bits per heavy atom. The van der Waals surface area contributed by atoms with Crippen molar-refractivity contribution in [2.24, 2.45) is 5.92 Å². The second-order valence-electron chi connectivity index (χ2n) is 3.69. The van der Waals surface area contributed by atoms with E-state index in [0.717, 1.165) is 11.3 Å². The molecule has 0 radical (unpaired) electrons. The lowest BCUT2D eigenvalue weighted by Crippen LogP contribution is -2.16. The first kappa shape index (κ1) is 11.6. The number of rotatable bonds is 4. The first-order valence-corrected chi connectivity index (χ1v) is 4.93. The summed E-state index contributed by atoms with van der Waals surface area (Å²) < 4.78 is 5.04. The van der Waals surface area contributed by atoms with Gasteiger partial charge in [-0.05, 0) is 23.6 Å². The van der Waals surface area contributed by atoms with Crippen molar-refractivity contribution < 1.29 is 14.6 Å². The third-order valence-corrected chi connectivity index (χ3v) is 2.78. The Morgan fingerprint density at radius 3 is 2.20 bits per heavy atom. The molecule has 15 heavy (non-hydrogen) atoms. The zero-order chi connectivity index (χ0) is 11.4. The van der Waals surface area contributed by atoms with Crippen LogP contribution in [0.2, 0.25) is 0 Å². The molecule has 1 aromatic carbocycles. The Kier molecular flexibility index (Phi) is 3.72. The number of methoxy groups -OCH3 is 1. The molecule has 2 atom stereocenters. The first-order valence-electron chi connectivity index (χ1n) is 4.93. The van der Waals surface area contributed by atoms with Crippen LogP contribution in [0.3, 0.4) is 0 Å². The fraction of sp³-hybridized carbons (Fsp3) is 0.417. The van der Waals surface area contributed by atoms with Gasteiger partial charge in [-0.25, -0.2) is 0 Å². The number of ether oxygens (including phenoxy) is 1. The second-order valence-corrected chi connectivity index (χ2v) is 3.69. The Morgan fingerprint density at radius 2 is 1.80 bits per heavy atom. The van der Waals surface area contributed by atoms with Crippen LogP contribution in [0.1, 0.15) is 25.3 Å². The standard InChI is InChI=1S/C12H16O3/c1-8(9(2)12(13)14)10-4-6-11(15-3)7-5-10/h4-9H,1-3H3,(H,13,14)/t8-,9+/m1/s1. The Labute approximate surface area is 89.7 Å². The topological polar surface area (TPSA) is 46.5 Å². The molecule has 1 N–H and O–H groups in total. The summed E-state index contributed by atoms with van der Waals surface area (Å²) >= 11 is 0. The van der Waals surface area contributed by atoms with Gasteiger partial charge in [0.1, 0.15) is 5.75 Å². The molecular formula is C12H16O3. The van der Waals surface area contributed by atoms with E-state index in [1.165, 1.54) is 0 Å². The van der Waals surface area contributed by atoms with E-state index >= 15 is 0 Å². The first-order chi connectivity index (χ1) is 7.06. The minimum Gasteiger partial charge on any atom is -0.497 e. The zero-order valence-electron chi connectivity index (χ0n) is 9.23. The van der Waals surface area contributed by atoms with Gasteiger partial charge in [0.25, 0.3) is 0 Å². The van der Waals surface area contributed by atoms with Crippen LogP contribution in [0.4, 0.5) is 0 Å². The van der Waals surface area contributed by atoms with E-state index in [-0.39, 0.29) is 11.8 Å². The molecule has 0 spiro atoms. The molecule has 0 amide bonds. The third kappa shape index (κ3) is 2.72. The molecule has 3 nitrogen and oxygen atoms in total. The summed E-state index contributed by atoms with van der Waals surface area (Å²) in [6, 6.07) is 7.51. The highest BCUT2D eigenvalue weighted by Crippen LogP contribution is 2.25. The summed E-state index contributed by atoms with van der Waals surface area (Å²) in [5.74, 6) is -0.348. The highest BCUT2D eigenvalue weighted by Gasteiger charge is 2.20. The molecule has 1 aromatic rings. The highest BCUT2D eigenvalue weighted by molar-refractivity contribution is 5.70. The largest absolute Gasteiger partial charge is 0.497 e. The Bertz CT molecular complexity index is 329. The lowest BCUT2D eigenvalue weighted by Gasteiger charge is -2.16. The second kappa shape index (κ2) is 4.82. The van der Waals surface area contributed by atoms with E-state index in [4.69, 9.17) is 9.84 Å². The summed E-state index contributed by atoms with van der Waals surface area (Å²) in [6.07, 6.45) is 0. The summed E-state index contributed by atoms with van der Waals surface area (Å²) in [7, 11) is 1.61. The number of carbonyl (C=O) groups is 1. The van der Waals surface area contributed by atoms with Gasteiger partial charge in [-0.3, -0.25) is 4.79 Å². The van der Waals surface area contributed by atoms with Gasteiger partial charge in [0.2, 0.25) is 0 Å². The molecule has 0 saturated heterocycles. The molecular weight excluding hydrogens is 192 g/mol. The minimum absolute atomic E-state index is 0.00778. The summed E-state index contributed by atoms with van der Waals surface area (Å²) in [4.78, 5) is 10.8. The number of carboxylic acid groups (broad SMARTS) is 1. The Balaban J connectivity index is 2.82. The minimum atomic E-state index is -0.765. The summed E-state index contributed by atoms with van der Waals surface area (Å²) in [6.45, 7) is 3.64. The monoisotopic (exact) mass is 208 g/mol. The highest BCUT2D eigenvalue weighted by atomic mass is 16.5. The maximum atomic E-state index is 10.8. The van der Waals surface area contributed by atoms with Crippen molar-refractivity contribution in [3.8, 4) is 5.75 Å². The lowest BCUT2D eigenvalue weighted by molar-refractivity contribution is -0.141. The number of benzene rings is 1. The van der Waals surface area contributed by atoms with Gasteiger partial charge in [0, 0.05) is 0 Å². The van der Waals surface area contributed by atoms with E-state index < -0.39 is 5.97 Å². The van der Waals surface area contributed by atoms with Gasteiger partial charge in [-0.2, -0.15) is 0 Å². The van der Waals surface area contributed by atoms with Crippen LogP contribution in [0.5, 0.6) is 5.75 Å². The van der Waals surface area contributed by atoms with Crippen LogP contribution >= 0.6 is 0 Å². The molecule has 0 aliphatic rings. The van der Waals surface area contributed by atoms with Crippen molar-refractivity contribution in [1.82, 2.24) is 0 Å². The van der Waals surface area contributed by atoms with E-state index in [1.54, 1.807) is 14.0 Å². The van der Waals surface area contributed by atoms with Gasteiger partial charge in [-0.1, -0.05) is 26.0 Å². The van der Waals surface area contributed by atoms with Crippen LogP contribution in [0.15, 0.2) is 24.3 Å². The smallest absolute Gasteiger partial charge is 0.306 e. The van der Waals surface area contributed by atoms with E-state index in [9.17, 15) is 4.79 Å². The lowest BCUT2D eigenvalue weighted by atomic mass is 9.89. The number of aliphatic carboxylic acids is 1. The molecule has 0 aliphatic carbocycles. The van der Waals surface area contributed by atoms with E-state index in [0.29, 0.717) is 0 Å². The number of hydrogen-bond acceptors (Lipinski definition) is 2. The van der Waals surface area contributed by atoms with Crippen LogP contribution in [0.25, 0.3) is 0 Å². The summed E-state index contributed by atoms with van der Waals surface area (Å²) in [5.41, 5.74) is 1.02. The van der Waals surface area contributed by atoms with Crippen molar-refractivity contribution in [3.05, 3.63) is 29.8 Å². The van der Waals surface area contributed by atoms with Crippen LogP contribution in [-0.4, -0.2) is 18.2 Å². The van der Waals surface area contributed by atoms with E-state index in [1.807, 2.05) is 31.2 Å². The molecule has 82 valence electrons. The van der Waals surface area contributed by atoms with E-state index in [2.05, 4.69) is 0 Å². The number of hydrogen-bond donors (Lipinski definition) is 1. The predicted molar refractivity (Wildman–Crippen MR) is 58.2 cm³/mol. The van der Waals surface area contributed by atoms with Crippen molar-refractivity contribution in [2.45, 2.75) is 19.8 Å². The molecule has 0 aliphatic heterocycles. The van der Waals surface area contributed by atoms with Gasteiger partial charge >= 0.3 is 5.97 Å². The number of carboxylic acids is 1. The van der Waals surface area contributed by atoms with Gasteiger partial charge in [0.05, 0.1) is 13.0 Å². The van der Waals surface area contributed by atoms with Crippen molar-refractivity contribution in [3.63, 3.8) is 0 Å².